The third-order valence-corrected chi connectivity index (χ3v) is 7.87. The average Bonchev–Trinajstić information content (AvgIpc) is 2.94. The molecule has 0 aromatic heterocycles. The van der Waals surface area contributed by atoms with Crippen LogP contribution in [0.25, 0.3) is 0 Å². The normalized spacial score (nSPS) is 27.3. The van der Waals surface area contributed by atoms with Gasteiger partial charge in [0.1, 0.15) is 0 Å². The first kappa shape index (κ1) is 14.8. The molecule has 1 aromatic carbocycles. The monoisotopic (exact) mass is 308 g/mol. The fraction of sp³-hybridized carbons (Fsp3) is 0.647. The first-order valence-corrected chi connectivity index (χ1v) is 9.89. The summed E-state index contributed by atoms with van der Waals surface area (Å²) in [5, 5.41) is 11.7. The van der Waals surface area contributed by atoms with Crippen LogP contribution in [-0.4, -0.2) is 33.2 Å². The summed E-state index contributed by atoms with van der Waals surface area (Å²) in [6, 6.07) is 6.85. The fourth-order valence-electron chi connectivity index (χ4n) is 3.40. The summed E-state index contributed by atoms with van der Waals surface area (Å²) in [5.74, 6) is 2.43. The molecule has 1 nitrogen and oxygen atoms in total. The second-order valence-corrected chi connectivity index (χ2v) is 8.51. The predicted molar refractivity (Wildman–Crippen MR) is 91.0 cm³/mol. The number of aryl methyl sites for hydroxylation is 2. The minimum Gasteiger partial charge on any atom is -0.392 e. The van der Waals surface area contributed by atoms with Crippen molar-refractivity contribution in [3.63, 3.8) is 0 Å². The molecule has 0 saturated carbocycles. The SMILES string of the molecule is CCC1SCCSC1C(O)Cc1ccc2c(c1)CCC2. The van der Waals surface area contributed by atoms with Crippen molar-refractivity contribution in [2.24, 2.45) is 0 Å². The van der Waals surface area contributed by atoms with Crippen LogP contribution < -0.4 is 0 Å². The minimum atomic E-state index is -0.197. The van der Waals surface area contributed by atoms with Crippen LogP contribution in [-0.2, 0) is 19.3 Å². The smallest absolute Gasteiger partial charge is 0.0709 e. The number of rotatable bonds is 4. The van der Waals surface area contributed by atoms with Crippen LogP contribution in [0, 0.1) is 0 Å². The molecule has 0 spiro atoms. The number of thioether (sulfide) groups is 2. The molecule has 3 atom stereocenters. The van der Waals surface area contributed by atoms with Crippen LogP contribution in [0.15, 0.2) is 18.2 Å². The molecule has 3 rings (SSSR count). The summed E-state index contributed by atoms with van der Waals surface area (Å²) in [6.45, 7) is 2.25. The molecule has 3 heteroatoms. The van der Waals surface area contributed by atoms with Crippen LogP contribution in [0.5, 0.6) is 0 Å². The Morgan fingerprint density at radius 1 is 1.20 bits per heavy atom. The summed E-state index contributed by atoms with van der Waals surface area (Å²) >= 11 is 4.03. The van der Waals surface area contributed by atoms with Gasteiger partial charge in [-0.25, -0.2) is 0 Å². The van der Waals surface area contributed by atoms with Gasteiger partial charge in [-0.15, -0.1) is 0 Å². The summed E-state index contributed by atoms with van der Waals surface area (Å²) in [4.78, 5) is 0. The van der Waals surface area contributed by atoms with E-state index in [4.69, 9.17) is 0 Å². The van der Waals surface area contributed by atoms with Gasteiger partial charge in [0, 0.05) is 22.0 Å². The molecule has 1 heterocycles. The summed E-state index contributed by atoms with van der Waals surface area (Å²) < 4.78 is 0. The lowest BCUT2D eigenvalue weighted by Crippen LogP contribution is -2.37. The maximum atomic E-state index is 10.6. The summed E-state index contributed by atoms with van der Waals surface area (Å²) in [5.41, 5.74) is 4.37. The van der Waals surface area contributed by atoms with E-state index in [-0.39, 0.29) is 6.10 Å². The topological polar surface area (TPSA) is 20.2 Å². The Hall–Kier alpha value is -0.120. The van der Waals surface area contributed by atoms with Crippen LogP contribution in [0.2, 0.25) is 0 Å². The molecule has 1 N–H and O–H groups in total. The summed E-state index contributed by atoms with van der Waals surface area (Å²) in [7, 11) is 0. The van der Waals surface area contributed by atoms with E-state index in [0.717, 1.165) is 6.42 Å². The Balaban J connectivity index is 1.67. The van der Waals surface area contributed by atoms with Gasteiger partial charge in [-0.1, -0.05) is 25.1 Å². The van der Waals surface area contributed by atoms with Gasteiger partial charge < -0.3 is 5.11 Å². The standard InChI is InChI=1S/C17H24OS2/c1-2-16-17(20-9-8-19-16)15(18)11-12-6-7-13-4-3-5-14(13)10-12/h6-7,10,15-18H,2-5,8-9,11H2,1H3. The molecular weight excluding hydrogens is 284 g/mol. The van der Waals surface area contributed by atoms with Gasteiger partial charge in [-0.3, -0.25) is 0 Å². The lowest BCUT2D eigenvalue weighted by atomic mass is 9.99. The zero-order valence-electron chi connectivity index (χ0n) is 12.2. The number of benzene rings is 1. The lowest BCUT2D eigenvalue weighted by molar-refractivity contribution is 0.169. The number of hydrogen-bond donors (Lipinski definition) is 1. The highest BCUT2D eigenvalue weighted by Crippen LogP contribution is 2.36. The van der Waals surface area contributed by atoms with Crippen molar-refractivity contribution in [2.45, 2.75) is 55.6 Å². The molecular formula is C17H24OS2. The maximum Gasteiger partial charge on any atom is 0.0709 e. The molecule has 3 unspecified atom stereocenters. The molecule has 1 aliphatic carbocycles. The Morgan fingerprint density at radius 3 is 2.85 bits per heavy atom. The highest BCUT2D eigenvalue weighted by Gasteiger charge is 2.31. The molecule has 1 aromatic rings. The van der Waals surface area contributed by atoms with E-state index in [1.165, 1.54) is 53.9 Å². The van der Waals surface area contributed by atoms with Crippen LogP contribution in [0.4, 0.5) is 0 Å². The molecule has 0 radical (unpaired) electrons. The molecule has 1 fully saturated rings. The predicted octanol–water partition coefficient (Wildman–Crippen LogP) is 3.71. The molecule has 2 aliphatic rings. The zero-order valence-corrected chi connectivity index (χ0v) is 13.8. The van der Waals surface area contributed by atoms with E-state index >= 15 is 0 Å². The second-order valence-electron chi connectivity index (χ2n) is 5.88. The van der Waals surface area contributed by atoms with Crippen LogP contribution in [0.1, 0.15) is 36.5 Å². The molecule has 1 aliphatic heterocycles. The third kappa shape index (κ3) is 3.20. The molecule has 0 amide bonds. The van der Waals surface area contributed by atoms with E-state index in [1.54, 1.807) is 0 Å². The van der Waals surface area contributed by atoms with Crippen molar-refractivity contribution in [2.75, 3.05) is 11.5 Å². The highest BCUT2D eigenvalue weighted by molar-refractivity contribution is 8.07. The molecule has 0 bridgehead atoms. The maximum absolute atomic E-state index is 10.6. The van der Waals surface area contributed by atoms with Gasteiger partial charge in [0.05, 0.1) is 6.10 Å². The van der Waals surface area contributed by atoms with Crippen molar-refractivity contribution in [1.29, 1.82) is 0 Å². The van der Waals surface area contributed by atoms with Crippen molar-refractivity contribution >= 4 is 23.5 Å². The van der Waals surface area contributed by atoms with Crippen molar-refractivity contribution < 1.29 is 5.11 Å². The third-order valence-electron chi connectivity index (χ3n) is 4.48. The van der Waals surface area contributed by atoms with Crippen LogP contribution in [0.3, 0.4) is 0 Å². The molecule has 20 heavy (non-hydrogen) atoms. The minimum absolute atomic E-state index is 0.197. The molecule has 1 saturated heterocycles. The van der Waals surface area contributed by atoms with Crippen LogP contribution >= 0.6 is 23.5 Å². The Kier molecular flexibility index (Phi) is 5.00. The Labute approximate surface area is 130 Å². The van der Waals surface area contributed by atoms with E-state index < -0.39 is 0 Å². The number of hydrogen-bond acceptors (Lipinski definition) is 3. The Bertz CT molecular complexity index is 460. The quantitative estimate of drug-likeness (QED) is 0.916. The van der Waals surface area contributed by atoms with Gasteiger partial charge in [0.2, 0.25) is 0 Å². The van der Waals surface area contributed by atoms with Gasteiger partial charge >= 0.3 is 0 Å². The number of fused-ring (bicyclic) bond motifs is 1. The van der Waals surface area contributed by atoms with E-state index in [9.17, 15) is 5.11 Å². The average molecular weight is 309 g/mol. The first-order valence-electron chi connectivity index (χ1n) is 7.80. The zero-order chi connectivity index (χ0) is 13.9. The second kappa shape index (κ2) is 6.76. The van der Waals surface area contributed by atoms with E-state index in [0.29, 0.717) is 10.5 Å². The highest BCUT2D eigenvalue weighted by atomic mass is 32.2. The Morgan fingerprint density at radius 2 is 2.00 bits per heavy atom. The fourth-order valence-corrected chi connectivity index (χ4v) is 6.55. The number of aliphatic hydroxyl groups is 1. The van der Waals surface area contributed by atoms with Crippen molar-refractivity contribution in [3.8, 4) is 0 Å². The van der Waals surface area contributed by atoms with Gasteiger partial charge in [0.15, 0.2) is 0 Å². The van der Waals surface area contributed by atoms with Gasteiger partial charge in [0.25, 0.3) is 0 Å². The van der Waals surface area contributed by atoms with E-state index in [1.807, 2.05) is 23.5 Å². The van der Waals surface area contributed by atoms with Crippen molar-refractivity contribution in [1.82, 2.24) is 0 Å². The first-order chi connectivity index (χ1) is 9.78. The lowest BCUT2D eigenvalue weighted by Gasteiger charge is -2.33. The van der Waals surface area contributed by atoms with Gasteiger partial charge in [-0.2, -0.15) is 23.5 Å². The van der Waals surface area contributed by atoms with Crippen molar-refractivity contribution in [3.05, 3.63) is 34.9 Å². The summed E-state index contributed by atoms with van der Waals surface area (Å²) in [6.07, 6.45) is 5.56. The van der Waals surface area contributed by atoms with Gasteiger partial charge in [-0.05, 0) is 48.8 Å². The van der Waals surface area contributed by atoms with E-state index in [2.05, 4.69) is 25.1 Å². The number of aliphatic hydroxyl groups excluding tert-OH is 1. The molecule has 110 valence electrons. The largest absolute Gasteiger partial charge is 0.392 e.